The lowest BCUT2D eigenvalue weighted by Crippen LogP contribution is -2.28. The van der Waals surface area contributed by atoms with E-state index >= 15 is 0 Å². The van der Waals surface area contributed by atoms with Gasteiger partial charge in [0.2, 0.25) is 5.91 Å². The second kappa shape index (κ2) is 9.38. The summed E-state index contributed by atoms with van der Waals surface area (Å²) in [5.41, 5.74) is 0.314. The molecule has 0 atom stereocenters. The molecule has 0 saturated heterocycles. The lowest BCUT2D eigenvalue weighted by atomic mass is 9.90. The number of halogens is 1. The van der Waals surface area contributed by atoms with Gasteiger partial charge in [-0.2, -0.15) is 0 Å². The number of nitrogens with one attached hydrogen (secondary N) is 1. The number of hydrogen-bond acceptors (Lipinski definition) is 5. The summed E-state index contributed by atoms with van der Waals surface area (Å²) in [6, 6.07) is 8.86. The maximum absolute atomic E-state index is 12.7. The van der Waals surface area contributed by atoms with Crippen LogP contribution in [0.15, 0.2) is 52.1 Å². The highest BCUT2D eigenvalue weighted by atomic mass is 79.9. The van der Waals surface area contributed by atoms with Crippen molar-refractivity contribution in [3.8, 4) is 5.75 Å². The third-order valence-electron chi connectivity index (χ3n) is 5.33. The first-order chi connectivity index (χ1) is 14.6. The second-order valence-corrected chi connectivity index (χ2v) is 8.47. The fourth-order valence-electron chi connectivity index (χ4n) is 3.73. The first-order valence-corrected chi connectivity index (χ1v) is 10.9. The van der Waals surface area contributed by atoms with E-state index in [2.05, 4.69) is 31.2 Å². The van der Waals surface area contributed by atoms with Crippen LogP contribution in [-0.4, -0.2) is 27.0 Å². The molecule has 0 unspecified atom stereocenters. The van der Waals surface area contributed by atoms with Crippen LogP contribution < -0.4 is 15.6 Å². The van der Waals surface area contributed by atoms with Gasteiger partial charge in [0.05, 0.1) is 23.8 Å². The van der Waals surface area contributed by atoms with E-state index in [9.17, 15) is 9.59 Å². The molecule has 0 aliphatic heterocycles. The Kier molecular flexibility index (Phi) is 6.42. The van der Waals surface area contributed by atoms with Gasteiger partial charge in [0.15, 0.2) is 11.6 Å². The van der Waals surface area contributed by atoms with Crippen molar-refractivity contribution in [2.45, 2.75) is 38.6 Å². The molecule has 1 saturated carbocycles. The first-order valence-electron chi connectivity index (χ1n) is 10.1. The molecule has 30 heavy (non-hydrogen) atoms. The maximum atomic E-state index is 12.7. The number of hydrogen-bond donors (Lipinski definition) is 1. The summed E-state index contributed by atoms with van der Waals surface area (Å²) in [6.45, 7) is 0.463. The van der Waals surface area contributed by atoms with Gasteiger partial charge in [-0.1, -0.05) is 35.2 Å². The number of carbonyl (C=O) groups excluding carboxylic acids is 1. The summed E-state index contributed by atoms with van der Waals surface area (Å²) in [5, 5.41) is 3.21. The van der Waals surface area contributed by atoms with Crippen molar-refractivity contribution in [3.05, 3.63) is 57.7 Å². The first kappa shape index (κ1) is 20.5. The third kappa shape index (κ3) is 4.87. The summed E-state index contributed by atoms with van der Waals surface area (Å²) in [6.07, 6.45) is 9.13. The van der Waals surface area contributed by atoms with Crippen LogP contribution in [0, 0.1) is 5.92 Å². The molecule has 8 heteroatoms. The fourth-order valence-corrected chi connectivity index (χ4v) is 4.09. The van der Waals surface area contributed by atoms with E-state index < -0.39 is 0 Å². The molecule has 1 aromatic carbocycles. The van der Waals surface area contributed by atoms with Crippen LogP contribution >= 0.6 is 15.9 Å². The Morgan fingerprint density at radius 2 is 2.03 bits per heavy atom. The summed E-state index contributed by atoms with van der Waals surface area (Å²) < 4.78 is 8.03. The Morgan fingerprint density at radius 1 is 1.20 bits per heavy atom. The molecule has 1 fully saturated rings. The largest absolute Gasteiger partial charge is 0.489 e. The number of carbonyl (C=O) groups is 1. The quantitative estimate of drug-likeness (QED) is 0.584. The Bertz CT molecular complexity index is 1110. The highest BCUT2D eigenvalue weighted by Gasteiger charge is 2.16. The van der Waals surface area contributed by atoms with Crippen LogP contribution in [0.4, 0.5) is 5.82 Å². The van der Waals surface area contributed by atoms with Gasteiger partial charge >= 0.3 is 0 Å². The lowest BCUT2D eigenvalue weighted by molar-refractivity contribution is -0.116. The number of ether oxygens (including phenoxy) is 1. The zero-order chi connectivity index (χ0) is 20.9. The Balaban J connectivity index is 1.45. The normalized spacial score (nSPS) is 14.6. The maximum Gasteiger partial charge on any atom is 0.261 e. The Labute approximate surface area is 182 Å². The second-order valence-electron chi connectivity index (χ2n) is 7.55. The molecule has 156 valence electrons. The van der Waals surface area contributed by atoms with E-state index in [0.29, 0.717) is 35.0 Å². The molecule has 0 radical (unpaired) electrons. The molecule has 1 aliphatic carbocycles. The van der Waals surface area contributed by atoms with Crippen LogP contribution in [0.3, 0.4) is 0 Å². The van der Waals surface area contributed by atoms with Gasteiger partial charge in [0, 0.05) is 10.7 Å². The Morgan fingerprint density at radius 3 is 2.87 bits per heavy atom. The highest BCUT2D eigenvalue weighted by Crippen LogP contribution is 2.27. The number of pyridine rings is 1. The molecule has 2 aromatic heterocycles. The molecule has 0 bridgehead atoms. The van der Waals surface area contributed by atoms with Crippen molar-refractivity contribution in [2.75, 3.05) is 11.9 Å². The SMILES string of the molecule is O=C(Cn1cnc2ccc(Br)cc2c1=O)Nc1ncccc1OCC1CCCCC1. The van der Waals surface area contributed by atoms with Crippen molar-refractivity contribution in [1.29, 1.82) is 0 Å². The predicted octanol–water partition coefficient (Wildman–Crippen LogP) is 4.15. The zero-order valence-corrected chi connectivity index (χ0v) is 18.1. The highest BCUT2D eigenvalue weighted by molar-refractivity contribution is 9.10. The number of aromatic nitrogens is 3. The number of rotatable bonds is 6. The molecule has 7 nitrogen and oxygen atoms in total. The monoisotopic (exact) mass is 470 g/mol. The minimum absolute atomic E-state index is 0.160. The number of anilines is 1. The lowest BCUT2D eigenvalue weighted by Gasteiger charge is -2.22. The van der Waals surface area contributed by atoms with Gasteiger partial charge in [-0.25, -0.2) is 9.97 Å². The molecule has 3 aromatic rings. The van der Waals surface area contributed by atoms with Crippen molar-refractivity contribution >= 4 is 38.6 Å². The number of nitrogens with zero attached hydrogens (tertiary/aromatic N) is 3. The van der Waals surface area contributed by atoms with Crippen LogP contribution in [0.2, 0.25) is 0 Å². The molecule has 2 heterocycles. The average Bonchev–Trinajstić information content (AvgIpc) is 2.76. The standard InChI is InChI=1S/C22H23BrN4O3/c23-16-8-9-18-17(11-16)22(29)27(14-25-18)12-20(28)26-21-19(7-4-10-24-21)30-13-15-5-2-1-3-6-15/h4,7-11,14-15H,1-3,5-6,12-13H2,(H,24,26,28). The summed E-state index contributed by atoms with van der Waals surface area (Å²) >= 11 is 3.36. The molecule has 1 N–H and O–H groups in total. The van der Waals surface area contributed by atoms with E-state index in [-0.39, 0.29) is 18.0 Å². The van der Waals surface area contributed by atoms with E-state index in [1.54, 1.807) is 30.5 Å². The number of amides is 1. The minimum Gasteiger partial charge on any atom is -0.489 e. The minimum atomic E-state index is -0.366. The Hall–Kier alpha value is -2.74. The van der Waals surface area contributed by atoms with Crippen LogP contribution in [0.25, 0.3) is 10.9 Å². The van der Waals surface area contributed by atoms with Crippen molar-refractivity contribution in [1.82, 2.24) is 14.5 Å². The fraction of sp³-hybridized carbons (Fsp3) is 0.364. The number of fused-ring (bicyclic) bond motifs is 1. The molecule has 1 aliphatic rings. The van der Waals surface area contributed by atoms with Crippen molar-refractivity contribution in [3.63, 3.8) is 0 Å². The van der Waals surface area contributed by atoms with Gasteiger partial charge in [0.25, 0.3) is 5.56 Å². The van der Waals surface area contributed by atoms with E-state index in [1.165, 1.54) is 43.0 Å². The number of benzene rings is 1. The van der Waals surface area contributed by atoms with Gasteiger partial charge in [-0.05, 0) is 49.1 Å². The van der Waals surface area contributed by atoms with Crippen LogP contribution in [0.5, 0.6) is 5.75 Å². The smallest absolute Gasteiger partial charge is 0.261 e. The molecule has 4 rings (SSSR count). The molecule has 1 amide bonds. The van der Waals surface area contributed by atoms with E-state index in [0.717, 1.165) is 4.47 Å². The van der Waals surface area contributed by atoms with Gasteiger partial charge < -0.3 is 10.1 Å². The average molecular weight is 471 g/mol. The topological polar surface area (TPSA) is 86.1 Å². The molecule has 0 spiro atoms. The van der Waals surface area contributed by atoms with Gasteiger partial charge in [-0.15, -0.1) is 0 Å². The van der Waals surface area contributed by atoms with Crippen LogP contribution in [0.1, 0.15) is 32.1 Å². The van der Waals surface area contributed by atoms with E-state index in [4.69, 9.17) is 4.74 Å². The summed E-state index contributed by atoms with van der Waals surface area (Å²) in [5.74, 6) is 1.09. The van der Waals surface area contributed by atoms with E-state index in [1.807, 2.05) is 6.07 Å². The summed E-state index contributed by atoms with van der Waals surface area (Å²) in [7, 11) is 0. The van der Waals surface area contributed by atoms with Gasteiger partial charge in [-0.3, -0.25) is 14.2 Å². The van der Waals surface area contributed by atoms with Gasteiger partial charge in [0.1, 0.15) is 6.54 Å². The predicted molar refractivity (Wildman–Crippen MR) is 119 cm³/mol. The van der Waals surface area contributed by atoms with Crippen LogP contribution in [-0.2, 0) is 11.3 Å². The molecular weight excluding hydrogens is 448 g/mol. The van der Waals surface area contributed by atoms with Crippen molar-refractivity contribution in [2.24, 2.45) is 5.92 Å². The third-order valence-corrected chi connectivity index (χ3v) is 5.82. The summed E-state index contributed by atoms with van der Waals surface area (Å²) in [4.78, 5) is 33.8. The zero-order valence-electron chi connectivity index (χ0n) is 16.5. The molecular formula is C22H23BrN4O3. The van der Waals surface area contributed by atoms with Crippen molar-refractivity contribution < 1.29 is 9.53 Å².